The molecule has 2 heterocycles. The molecule has 2 fully saturated rings. The Balaban J connectivity index is 1.90. The fraction of sp³-hybridized carbons (Fsp3) is 1.00. The van der Waals surface area contributed by atoms with Crippen LogP contribution in [0.3, 0.4) is 0 Å². The van der Waals surface area contributed by atoms with Crippen molar-refractivity contribution < 1.29 is 13.2 Å². The van der Waals surface area contributed by atoms with Gasteiger partial charge < -0.3 is 4.74 Å². The van der Waals surface area contributed by atoms with E-state index in [-0.39, 0.29) is 11.6 Å². The van der Waals surface area contributed by atoms with Gasteiger partial charge in [0.05, 0.1) is 18.1 Å². The van der Waals surface area contributed by atoms with Gasteiger partial charge in [0.1, 0.15) is 5.72 Å². The van der Waals surface area contributed by atoms with Crippen LogP contribution in [0.1, 0.15) is 26.7 Å². The summed E-state index contributed by atoms with van der Waals surface area (Å²) in [5.74, 6) is 1.49. The van der Waals surface area contributed by atoms with Crippen LogP contribution in [-0.2, 0) is 14.6 Å². The lowest BCUT2D eigenvalue weighted by molar-refractivity contribution is -0.111. The molecular weight excluding hydrogens is 226 g/mol. The van der Waals surface area contributed by atoms with E-state index in [0.29, 0.717) is 17.4 Å². The first-order valence-corrected chi connectivity index (χ1v) is 7.80. The molecule has 0 aromatic carbocycles. The van der Waals surface area contributed by atoms with Crippen molar-refractivity contribution in [2.24, 2.45) is 11.8 Å². The van der Waals surface area contributed by atoms with Crippen LogP contribution in [0.15, 0.2) is 0 Å². The SMILES string of the molecule is CC1CNC(C)(CC2CCS(=O)(=O)C2)OC1. The lowest BCUT2D eigenvalue weighted by atomic mass is 9.95. The molecule has 0 saturated carbocycles. The molecule has 0 aromatic rings. The topological polar surface area (TPSA) is 55.4 Å². The van der Waals surface area contributed by atoms with Crippen LogP contribution in [0, 0.1) is 11.8 Å². The highest BCUT2D eigenvalue weighted by atomic mass is 32.2. The third kappa shape index (κ3) is 2.96. The van der Waals surface area contributed by atoms with Crippen LogP contribution in [0.2, 0.25) is 0 Å². The van der Waals surface area contributed by atoms with Gasteiger partial charge in [-0.3, -0.25) is 5.32 Å². The molecule has 2 aliphatic heterocycles. The predicted molar refractivity (Wildman–Crippen MR) is 62.9 cm³/mol. The van der Waals surface area contributed by atoms with Gasteiger partial charge >= 0.3 is 0 Å². The average Bonchev–Trinajstić information content (AvgIpc) is 2.51. The first kappa shape index (κ1) is 12.3. The fourth-order valence-corrected chi connectivity index (χ4v) is 4.40. The Kier molecular flexibility index (Phi) is 3.29. The molecule has 0 bridgehead atoms. The summed E-state index contributed by atoms with van der Waals surface area (Å²) in [7, 11) is -2.77. The largest absolute Gasteiger partial charge is 0.361 e. The van der Waals surface area contributed by atoms with E-state index < -0.39 is 9.84 Å². The molecule has 3 atom stereocenters. The smallest absolute Gasteiger partial charge is 0.150 e. The van der Waals surface area contributed by atoms with Crippen molar-refractivity contribution in [3.05, 3.63) is 0 Å². The highest BCUT2D eigenvalue weighted by Crippen LogP contribution is 2.29. The molecule has 0 aliphatic carbocycles. The van der Waals surface area contributed by atoms with E-state index in [1.54, 1.807) is 0 Å². The maximum atomic E-state index is 11.4. The fourth-order valence-electron chi connectivity index (χ4n) is 2.54. The molecule has 0 radical (unpaired) electrons. The minimum atomic E-state index is -2.77. The molecule has 3 unspecified atom stereocenters. The van der Waals surface area contributed by atoms with E-state index >= 15 is 0 Å². The van der Waals surface area contributed by atoms with Gasteiger partial charge in [0, 0.05) is 6.54 Å². The third-order valence-corrected chi connectivity index (χ3v) is 5.35. The number of hydrogen-bond donors (Lipinski definition) is 1. The predicted octanol–water partition coefficient (Wildman–Crippen LogP) is 0.783. The van der Waals surface area contributed by atoms with Crippen LogP contribution >= 0.6 is 0 Å². The molecule has 1 N–H and O–H groups in total. The second-order valence-electron chi connectivity index (χ2n) is 5.50. The molecular formula is C11H21NO3S. The monoisotopic (exact) mass is 247 g/mol. The van der Waals surface area contributed by atoms with Gasteiger partial charge in [-0.15, -0.1) is 0 Å². The van der Waals surface area contributed by atoms with Crippen LogP contribution in [0.4, 0.5) is 0 Å². The quantitative estimate of drug-likeness (QED) is 0.783. The zero-order valence-electron chi connectivity index (χ0n) is 10.0. The maximum Gasteiger partial charge on any atom is 0.150 e. The van der Waals surface area contributed by atoms with Crippen LogP contribution in [-0.4, -0.2) is 38.8 Å². The minimum absolute atomic E-state index is 0.260. The zero-order valence-corrected chi connectivity index (χ0v) is 10.8. The summed E-state index contributed by atoms with van der Waals surface area (Å²) in [6, 6.07) is 0. The van der Waals surface area contributed by atoms with Crippen molar-refractivity contribution in [1.82, 2.24) is 5.32 Å². The summed E-state index contributed by atoms with van der Waals surface area (Å²) in [6.45, 7) is 5.90. The lowest BCUT2D eigenvalue weighted by Crippen LogP contribution is -2.53. The van der Waals surface area contributed by atoms with Gasteiger partial charge in [-0.2, -0.15) is 0 Å². The molecule has 94 valence electrons. The van der Waals surface area contributed by atoms with Crippen molar-refractivity contribution in [3.63, 3.8) is 0 Å². The number of nitrogens with one attached hydrogen (secondary N) is 1. The summed E-state index contributed by atoms with van der Waals surface area (Å²) in [5.41, 5.74) is -0.322. The van der Waals surface area contributed by atoms with E-state index in [1.807, 2.05) is 6.92 Å². The Bertz CT molecular complexity index is 344. The highest BCUT2D eigenvalue weighted by Gasteiger charge is 2.37. The first-order chi connectivity index (χ1) is 7.39. The maximum absolute atomic E-state index is 11.4. The second-order valence-corrected chi connectivity index (χ2v) is 7.73. The second kappa shape index (κ2) is 4.27. The standard InChI is InChI=1S/C11H21NO3S/c1-9-6-12-11(2,15-7-9)5-10-3-4-16(13,14)8-10/h9-10,12H,3-8H2,1-2H3. The Hall–Kier alpha value is -0.130. The third-order valence-electron chi connectivity index (χ3n) is 3.52. The van der Waals surface area contributed by atoms with Gasteiger partial charge in [-0.1, -0.05) is 6.92 Å². The van der Waals surface area contributed by atoms with Crippen molar-refractivity contribution in [2.45, 2.75) is 32.4 Å². The molecule has 0 spiro atoms. The summed E-state index contributed by atoms with van der Waals surface area (Å²) in [6.07, 6.45) is 1.59. The Morgan fingerprint density at radius 3 is 2.75 bits per heavy atom. The van der Waals surface area contributed by atoms with E-state index in [1.165, 1.54) is 0 Å². The van der Waals surface area contributed by atoms with Crippen molar-refractivity contribution in [3.8, 4) is 0 Å². The van der Waals surface area contributed by atoms with Gasteiger partial charge in [-0.25, -0.2) is 8.42 Å². The van der Waals surface area contributed by atoms with Crippen molar-refractivity contribution >= 4 is 9.84 Å². The van der Waals surface area contributed by atoms with E-state index in [9.17, 15) is 8.42 Å². The summed E-state index contributed by atoms with van der Waals surface area (Å²) in [5, 5.41) is 3.38. The van der Waals surface area contributed by atoms with Gasteiger partial charge in [0.2, 0.25) is 0 Å². The average molecular weight is 247 g/mol. The van der Waals surface area contributed by atoms with E-state index in [2.05, 4.69) is 12.2 Å². The van der Waals surface area contributed by atoms with Crippen molar-refractivity contribution in [2.75, 3.05) is 24.7 Å². The van der Waals surface area contributed by atoms with Crippen LogP contribution < -0.4 is 5.32 Å². The van der Waals surface area contributed by atoms with Gasteiger partial charge in [0.15, 0.2) is 9.84 Å². The summed E-state index contributed by atoms with van der Waals surface area (Å²) in [4.78, 5) is 0. The minimum Gasteiger partial charge on any atom is -0.361 e. The number of sulfone groups is 1. The van der Waals surface area contributed by atoms with E-state index in [4.69, 9.17) is 4.74 Å². The Morgan fingerprint density at radius 1 is 1.50 bits per heavy atom. The lowest BCUT2D eigenvalue weighted by Gasteiger charge is -2.39. The Labute approximate surface area is 97.7 Å². The molecule has 2 rings (SSSR count). The molecule has 4 nitrogen and oxygen atoms in total. The summed E-state index contributed by atoms with van der Waals surface area (Å²) >= 11 is 0. The first-order valence-electron chi connectivity index (χ1n) is 5.98. The number of hydrogen-bond acceptors (Lipinski definition) is 4. The Morgan fingerprint density at radius 2 is 2.25 bits per heavy atom. The van der Waals surface area contributed by atoms with E-state index in [0.717, 1.165) is 26.0 Å². The molecule has 5 heteroatoms. The normalized spacial score (nSPS) is 43.4. The number of rotatable bonds is 2. The van der Waals surface area contributed by atoms with Crippen LogP contribution in [0.25, 0.3) is 0 Å². The molecule has 0 amide bonds. The molecule has 2 aliphatic rings. The van der Waals surface area contributed by atoms with Gasteiger partial charge in [-0.05, 0) is 31.6 Å². The molecule has 0 aromatic heterocycles. The van der Waals surface area contributed by atoms with Crippen LogP contribution in [0.5, 0.6) is 0 Å². The molecule has 16 heavy (non-hydrogen) atoms. The van der Waals surface area contributed by atoms with Crippen molar-refractivity contribution in [1.29, 1.82) is 0 Å². The summed E-state index contributed by atoms with van der Waals surface area (Å²) < 4.78 is 28.6. The zero-order chi connectivity index (χ0) is 11.8. The van der Waals surface area contributed by atoms with Gasteiger partial charge in [0.25, 0.3) is 0 Å². The number of ether oxygens (including phenoxy) is 1. The highest BCUT2D eigenvalue weighted by molar-refractivity contribution is 7.91. The molecule has 2 saturated heterocycles.